The van der Waals surface area contributed by atoms with Crippen LogP contribution < -0.4 is 66.2 Å². The molecule has 115 heavy (non-hydrogen) atoms. The fourth-order valence-electron chi connectivity index (χ4n) is 16.6. The van der Waals surface area contributed by atoms with E-state index in [1.807, 2.05) is 25.5 Å². The number of nitrogens with one attached hydrogen (secondary N) is 9. The Morgan fingerprint density at radius 3 is 1.93 bits per heavy atom. The number of sulfonamides is 1. The molecule has 0 spiro atoms. The number of ether oxygens (including phenoxy) is 5. The fourth-order valence-corrected chi connectivity index (χ4v) is 17.8. The number of phenolic OH excluding ortho intramolecular Hbond substituents is 3. The fraction of sp³-hybridized carbons (Fsp3) is 0.450. The summed E-state index contributed by atoms with van der Waals surface area (Å²) in [6.45, 7) is 6.41. The van der Waals surface area contributed by atoms with E-state index in [-0.39, 0.29) is 86.4 Å². The van der Waals surface area contributed by atoms with E-state index in [1.165, 1.54) is 56.4 Å². The number of phenols is 3. The summed E-state index contributed by atoms with van der Waals surface area (Å²) in [5.74, 6) is -13.3. The molecule has 1 saturated heterocycles. The second-order valence-corrected chi connectivity index (χ2v) is 33.0. The molecule has 16 rings (SSSR count). The maximum atomic E-state index is 16.4. The number of aryl methyl sites for hydroxylation is 1. The summed E-state index contributed by atoms with van der Waals surface area (Å²) < 4.78 is 61.5. The van der Waals surface area contributed by atoms with Crippen molar-refractivity contribution in [3.63, 3.8) is 0 Å². The number of fused-ring (bicyclic) bond motifs is 15. The number of hydrogen-bond acceptors (Lipinski definition) is 25. The molecule has 4 saturated carbocycles. The number of likely N-dealkylation sites (N-methyl/N-ethyl adjacent to an activating group) is 1. The molecule has 0 radical (unpaired) electrons. The zero-order valence-corrected chi connectivity index (χ0v) is 64.6. The largest absolute Gasteiger partial charge is 0.508 e. The van der Waals surface area contributed by atoms with Crippen molar-refractivity contribution in [2.24, 2.45) is 29.6 Å². The molecule has 614 valence electrons. The lowest BCUT2D eigenvalue weighted by Gasteiger charge is -2.54. The first-order chi connectivity index (χ1) is 54.8. The highest BCUT2D eigenvalue weighted by atomic mass is 35.5. The Balaban J connectivity index is 1.000. The Hall–Kier alpha value is -10.4. The van der Waals surface area contributed by atoms with E-state index in [2.05, 4.69) is 42.5 Å². The average Bonchev–Trinajstić information content (AvgIpc) is 0.924. The molecule has 33 nitrogen and oxygen atoms in total. The summed E-state index contributed by atoms with van der Waals surface area (Å²) in [4.78, 5) is 123. The summed E-state index contributed by atoms with van der Waals surface area (Å²) in [6.07, 6.45) is -9.41. The van der Waals surface area contributed by atoms with Gasteiger partial charge in [0.1, 0.15) is 107 Å². The lowest BCUT2D eigenvalue weighted by atomic mass is 9.54. The van der Waals surface area contributed by atoms with E-state index >= 15 is 28.8 Å². The van der Waals surface area contributed by atoms with E-state index in [0.717, 1.165) is 99.2 Å². The lowest BCUT2D eigenvalue weighted by molar-refractivity contribution is -0.277. The molecule has 6 aromatic rings. The number of rotatable bonds is 18. The number of benzene rings is 6. The number of aliphatic hydroxyl groups is 6. The molecule has 14 atom stereocenters. The highest BCUT2D eigenvalue weighted by molar-refractivity contribution is 7.90. The SMILES string of the molecule is CCCCOc1ccc(S(=O)(=O)NC(=O)C[C@@H]2NC(=O)[C@H](NC(=O)[C@@H](CC(C)C)NC)[C@H](O)c3ccc(c(C)c3)Oc3cc4cc(c3O[C@@H]3O[C@H](CO)[C@@H](O)[C@H](O)[C@H]3O)Oc3ccc(cc3Cl)[C@@H](O)[C@@H]3NC(=O)[C@H](NC(=O)[C@@H]4NC2=O)c2ccc(O)c(c2)-c2c(O)cc(O)cc2[C@@H](C(=O)NC2C4CC5CC(C4)CC2C5)NC3=O)cc1. The smallest absolute Gasteiger partial charge is 0.264 e. The van der Waals surface area contributed by atoms with Crippen molar-refractivity contribution in [2.75, 3.05) is 20.3 Å². The van der Waals surface area contributed by atoms with Crippen LogP contribution in [0.5, 0.6) is 51.7 Å². The second-order valence-electron chi connectivity index (χ2n) is 30.9. The van der Waals surface area contributed by atoms with Gasteiger partial charge in [-0.25, -0.2) is 13.1 Å². The zero-order chi connectivity index (χ0) is 82.3. The van der Waals surface area contributed by atoms with Crippen LogP contribution >= 0.6 is 11.6 Å². The van der Waals surface area contributed by atoms with E-state index in [4.69, 9.17) is 35.3 Å². The lowest BCUT2D eigenvalue weighted by Crippen LogP contribution is -2.60. The predicted octanol–water partition coefficient (Wildman–Crippen LogP) is 3.58. The first kappa shape index (κ1) is 82.6. The summed E-state index contributed by atoms with van der Waals surface area (Å²) in [7, 11) is -3.40. The van der Waals surface area contributed by atoms with E-state index in [1.54, 1.807) is 0 Å². The van der Waals surface area contributed by atoms with Gasteiger partial charge in [-0.2, -0.15) is 0 Å². The molecule has 6 aromatic carbocycles. The molecule has 6 aliphatic heterocycles. The van der Waals surface area contributed by atoms with Crippen LogP contribution in [-0.2, 0) is 53.1 Å². The van der Waals surface area contributed by atoms with Crippen LogP contribution in [0.2, 0.25) is 5.02 Å². The first-order valence-electron chi connectivity index (χ1n) is 38.0. The van der Waals surface area contributed by atoms with Crippen molar-refractivity contribution in [1.82, 2.24) is 47.3 Å². The van der Waals surface area contributed by atoms with Gasteiger partial charge in [0.2, 0.25) is 59.3 Å². The number of unbranched alkanes of at least 4 members (excludes halogenated alkanes) is 1. The van der Waals surface area contributed by atoms with Crippen LogP contribution in [-0.4, -0.2) is 183 Å². The molecular weight excluding hydrogens is 1540 g/mol. The van der Waals surface area contributed by atoms with Crippen LogP contribution in [0.25, 0.3) is 11.1 Å². The van der Waals surface area contributed by atoms with Gasteiger partial charge in [0, 0.05) is 23.2 Å². The number of aliphatic hydroxyl groups excluding tert-OH is 6. The topological polar surface area (TPSA) is 507 Å². The van der Waals surface area contributed by atoms with Gasteiger partial charge in [0.05, 0.1) is 35.6 Å². The summed E-state index contributed by atoms with van der Waals surface area (Å²) in [5.41, 5.74) is -2.00. The van der Waals surface area contributed by atoms with Crippen molar-refractivity contribution in [3.8, 4) is 62.9 Å². The summed E-state index contributed by atoms with van der Waals surface area (Å²) in [5, 5.41) is 126. The Morgan fingerprint density at radius 1 is 0.652 bits per heavy atom. The summed E-state index contributed by atoms with van der Waals surface area (Å²) in [6, 6.07) is 5.09. The van der Waals surface area contributed by atoms with Crippen molar-refractivity contribution >= 4 is 68.9 Å². The Bertz CT molecular complexity index is 4850. The molecule has 0 aromatic heterocycles. The van der Waals surface area contributed by atoms with Crippen LogP contribution in [0, 0.1) is 36.5 Å². The minimum Gasteiger partial charge on any atom is -0.508 e. The van der Waals surface area contributed by atoms with Crippen molar-refractivity contribution < 1.29 is 116 Å². The number of hydrogen-bond donors (Lipinski definition) is 18. The highest BCUT2D eigenvalue weighted by Crippen LogP contribution is 2.55. The van der Waals surface area contributed by atoms with Crippen LogP contribution in [0.3, 0.4) is 0 Å². The maximum absolute atomic E-state index is 16.4. The van der Waals surface area contributed by atoms with E-state index < -0.39 is 205 Å². The Kier molecular flexibility index (Phi) is 24.5. The van der Waals surface area contributed by atoms with E-state index in [9.17, 15) is 64.0 Å². The van der Waals surface area contributed by atoms with Gasteiger partial charge in [-0.15, -0.1) is 0 Å². The quantitative estimate of drug-likeness (QED) is 0.0547. The normalized spacial score (nSPS) is 28.1. The minimum absolute atomic E-state index is 0.0628. The van der Waals surface area contributed by atoms with Crippen LogP contribution in [0.15, 0.2) is 108 Å². The monoisotopic (exact) mass is 1630 g/mol. The highest BCUT2D eigenvalue weighted by Gasteiger charge is 2.51. The third kappa shape index (κ3) is 17.6. The predicted molar refractivity (Wildman–Crippen MR) is 407 cm³/mol. The molecule has 15 bridgehead atoms. The van der Waals surface area contributed by atoms with Gasteiger partial charge in [-0.05, 0) is 201 Å². The first-order valence-corrected chi connectivity index (χ1v) is 39.9. The van der Waals surface area contributed by atoms with Gasteiger partial charge in [-0.1, -0.05) is 57.0 Å². The van der Waals surface area contributed by atoms with Crippen molar-refractivity contribution in [3.05, 3.63) is 142 Å². The zero-order valence-electron chi connectivity index (χ0n) is 63.1. The Morgan fingerprint density at radius 2 is 1.29 bits per heavy atom. The van der Waals surface area contributed by atoms with Crippen LogP contribution in [0.1, 0.15) is 142 Å². The molecule has 35 heteroatoms. The maximum Gasteiger partial charge on any atom is 0.264 e. The molecule has 4 aliphatic carbocycles. The van der Waals surface area contributed by atoms with Crippen molar-refractivity contribution in [2.45, 2.75) is 182 Å². The van der Waals surface area contributed by atoms with Gasteiger partial charge in [-0.3, -0.25) is 38.4 Å². The van der Waals surface area contributed by atoms with Gasteiger partial charge in [0.15, 0.2) is 11.5 Å². The van der Waals surface area contributed by atoms with Gasteiger partial charge in [0.25, 0.3) is 10.0 Å². The number of amides is 8. The van der Waals surface area contributed by atoms with Crippen molar-refractivity contribution in [1.29, 1.82) is 0 Å². The molecule has 8 amide bonds. The number of aromatic hydroxyl groups is 3. The third-order valence-electron chi connectivity index (χ3n) is 22.3. The molecule has 6 heterocycles. The third-order valence-corrected chi connectivity index (χ3v) is 24.0. The second kappa shape index (κ2) is 34.2. The van der Waals surface area contributed by atoms with Gasteiger partial charge < -0.3 is 112 Å². The van der Waals surface area contributed by atoms with Gasteiger partial charge >= 0.3 is 0 Å². The molecular formula is C80H92ClN9O24S. The van der Waals surface area contributed by atoms with E-state index in [0.29, 0.717) is 24.9 Å². The Labute approximate surface area is 665 Å². The standard InChI is InChI=1S/C80H92ClN9O24S/c1-6-7-18-110-45-11-13-46(14-12-45)115(108,109)90-59(95)32-51-74(102)85-63-43-28-56(111-54-16-9-39(20-35(54)4)67(96)65(78(106)83-51)88-73(101)50(82-5)19-34(2)3)72(114-80-71(100)70(99)69(98)58(33-91)113-80)57(29-43)112-55-17-10-40(27-49(55)81)68(97)66-79(107)87-64(77(105)84-61-41-22-36-21-37(24-41)25-42(61)23-36)48-30-44(92)31-53(94)60(48)47-26-38(8-15-52(47)93)62(75(103)89-66)86-76(63)104/h8-17,20,26-31,34,36-37,41-42,50-51,58,61-71,80,82,91-94,96-100H,6-7,18-19,21-25,32-33H2,1-5H3,(H,83,106)(H,84,105)(H,85,102)(H,86,104)(H,87,107)(H,88,101)(H,89,103)(H,90,95)/t36?,37?,41?,42?,50-,51+,58-,61?,62-,63-,64+,65-,66+,67-,68-,69-,70+,71-,80+/m1/s1. The van der Waals surface area contributed by atoms with Crippen LogP contribution in [0.4, 0.5) is 0 Å². The number of carbonyl (C=O) groups is 8. The molecule has 10 aliphatic rings. The number of carbonyl (C=O) groups excluding carboxylic acids is 8. The molecule has 18 N–H and O–H groups in total. The number of halogens is 1. The minimum atomic E-state index is -4.87. The molecule has 0 unspecified atom stereocenters. The average molecular weight is 1630 g/mol. The molecule has 5 fully saturated rings. The summed E-state index contributed by atoms with van der Waals surface area (Å²) >= 11 is 7.16.